The number of nitrogens with one attached hydrogen (secondary N) is 1. The molecule has 0 radical (unpaired) electrons. The summed E-state index contributed by atoms with van der Waals surface area (Å²) >= 11 is 5.80. The van der Waals surface area contributed by atoms with E-state index < -0.39 is 0 Å². The molecule has 5 nitrogen and oxygen atoms in total. The van der Waals surface area contributed by atoms with Gasteiger partial charge in [-0.2, -0.15) is 5.10 Å². The second-order valence-electron chi connectivity index (χ2n) is 4.40. The van der Waals surface area contributed by atoms with E-state index in [2.05, 4.69) is 29.2 Å². The van der Waals surface area contributed by atoms with Crippen LogP contribution in [0.5, 0.6) is 0 Å². The summed E-state index contributed by atoms with van der Waals surface area (Å²) in [5.41, 5.74) is 0. The Balaban J connectivity index is 2.18. The largest absolute Gasteiger partial charge is 0.448 e. The molecular formula is C12H17ClN4O. The van der Waals surface area contributed by atoms with Gasteiger partial charge in [-0.25, -0.2) is 9.67 Å². The Labute approximate surface area is 111 Å². The third kappa shape index (κ3) is 2.73. The first-order chi connectivity index (χ1) is 8.61. The van der Waals surface area contributed by atoms with Gasteiger partial charge in [0.05, 0.1) is 6.04 Å². The SMILES string of the molecule is CNC(Cc1ncnn1C(C)C)c1ccc(Cl)o1. The molecule has 6 heteroatoms. The van der Waals surface area contributed by atoms with E-state index in [1.165, 1.54) is 0 Å². The van der Waals surface area contributed by atoms with E-state index in [4.69, 9.17) is 16.0 Å². The van der Waals surface area contributed by atoms with Crippen molar-refractivity contribution in [2.24, 2.45) is 0 Å². The van der Waals surface area contributed by atoms with Gasteiger partial charge >= 0.3 is 0 Å². The average molecular weight is 269 g/mol. The van der Waals surface area contributed by atoms with Gasteiger partial charge in [0.1, 0.15) is 17.9 Å². The van der Waals surface area contributed by atoms with Gasteiger partial charge in [0.25, 0.3) is 0 Å². The number of likely N-dealkylation sites (N-methyl/N-ethyl adjacent to an activating group) is 1. The summed E-state index contributed by atoms with van der Waals surface area (Å²) < 4.78 is 7.34. The van der Waals surface area contributed by atoms with Crippen molar-refractivity contribution in [2.45, 2.75) is 32.4 Å². The Hall–Kier alpha value is -1.33. The first kappa shape index (κ1) is 13.1. The van der Waals surface area contributed by atoms with Crippen LogP contribution in [-0.4, -0.2) is 21.8 Å². The first-order valence-electron chi connectivity index (χ1n) is 5.92. The van der Waals surface area contributed by atoms with E-state index in [1.807, 2.05) is 17.8 Å². The zero-order valence-electron chi connectivity index (χ0n) is 10.7. The lowest BCUT2D eigenvalue weighted by atomic mass is 10.1. The van der Waals surface area contributed by atoms with Gasteiger partial charge in [-0.1, -0.05) is 0 Å². The van der Waals surface area contributed by atoms with Crippen molar-refractivity contribution in [1.29, 1.82) is 0 Å². The molecule has 2 rings (SSSR count). The number of halogens is 1. The Kier molecular flexibility index (Phi) is 4.04. The second kappa shape index (κ2) is 5.54. The van der Waals surface area contributed by atoms with Gasteiger partial charge in [0.2, 0.25) is 0 Å². The molecule has 0 spiro atoms. The zero-order chi connectivity index (χ0) is 13.1. The number of hydrogen-bond acceptors (Lipinski definition) is 4. The Morgan fingerprint density at radius 3 is 2.78 bits per heavy atom. The highest BCUT2D eigenvalue weighted by Gasteiger charge is 2.18. The van der Waals surface area contributed by atoms with Gasteiger partial charge in [-0.05, 0) is 44.6 Å². The van der Waals surface area contributed by atoms with Gasteiger partial charge in [-0.15, -0.1) is 0 Å². The van der Waals surface area contributed by atoms with Crippen molar-refractivity contribution in [2.75, 3.05) is 7.05 Å². The molecule has 0 aliphatic heterocycles. The smallest absolute Gasteiger partial charge is 0.193 e. The van der Waals surface area contributed by atoms with Crippen molar-refractivity contribution in [3.63, 3.8) is 0 Å². The summed E-state index contributed by atoms with van der Waals surface area (Å²) in [6, 6.07) is 3.95. The molecule has 1 N–H and O–H groups in total. The maximum Gasteiger partial charge on any atom is 0.193 e. The average Bonchev–Trinajstić information content (AvgIpc) is 2.94. The van der Waals surface area contributed by atoms with Gasteiger partial charge < -0.3 is 9.73 Å². The minimum atomic E-state index is 0.0409. The fourth-order valence-corrected chi connectivity index (χ4v) is 2.05. The molecule has 2 aromatic heterocycles. The molecule has 0 aromatic carbocycles. The minimum absolute atomic E-state index is 0.0409. The highest BCUT2D eigenvalue weighted by Crippen LogP contribution is 2.22. The normalized spacial score (nSPS) is 13.2. The Morgan fingerprint density at radius 2 is 2.22 bits per heavy atom. The predicted molar refractivity (Wildman–Crippen MR) is 69.6 cm³/mol. The lowest BCUT2D eigenvalue weighted by molar-refractivity contribution is 0.411. The van der Waals surface area contributed by atoms with Gasteiger partial charge in [0, 0.05) is 12.5 Å². The molecule has 2 aromatic rings. The summed E-state index contributed by atoms with van der Waals surface area (Å²) in [5, 5.41) is 7.82. The standard InChI is InChI=1S/C12H17ClN4O/c1-8(2)17-12(15-7-16-17)6-9(14-3)10-4-5-11(13)18-10/h4-5,7-9,14H,6H2,1-3H3. The predicted octanol–water partition coefficient (Wildman–Crippen LogP) is 2.61. The molecule has 0 aliphatic carbocycles. The lowest BCUT2D eigenvalue weighted by Crippen LogP contribution is -2.21. The maximum absolute atomic E-state index is 5.80. The first-order valence-corrected chi connectivity index (χ1v) is 6.30. The molecule has 1 unspecified atom stereocenters. The van der Waals surface area contributed by atoms with Crippen LogP contribution in [0.2, 0.25) is 5.22 Å². The number of aromatic nitrogens is 3. The minimum Gasteiger partial charge on any atom is -0.448 e. The Morgan fingerprint density at radius 1 is 1.44 bits per heavy atom. The number of rotatable bonds is 5. The van der Waals surface area contributed by atoms with E-state index in [1.54, 1.807) is 12.4 Å². The summed E-state index contributed by atoms with van der Waals surface area (Å²) in [7, 11) is 1.89. The van der Waals surface area contributed by atoms with Crippen LogP contribution >= 0.6 is 11.6 Å². The van der Waals surface area contributed by atoms with E-state index in [0.717, 1.165) is 11.6 Å². The van der Waals surface area contributed by atoms with Crippen molar-refractivity contribution < 1.29 is 4.42 Å². The molecule has 1 atom stereocenters. The number of nitrogens with zero attached hydrogens (tertiary/aromatic N) is 3. The molecule has 0 saturated heterocycles. The number of furan rings is 1. The third-order valence-electron chi connectivity index (χ3n) is 2.81. The number of hydrogen-bond donors (Lipinski definition) is 1. The monoisotopic (exact) mass is 268 g/mol. The van der Waals surface area contributed by atoms with Crippen LogP contribution in [0.25, 0.3) is 0 Å². The van der Waals surface area contributed by atoms with Crippen LogP contribution in [0.15, 0.2) is 22.9 Å². The summed E-state index contributed by atoms with van der Waals surface area (Å²) in [6.07, 6.45) is 2.29. The zero-order valence-corrected chi connectivity index (χ0v) is 11.5. The molecule has 98 valence electrons. The summed E-state index contributed by atoms with van der Waals surface area (Å²) in [6.45, 7) is 4.16. The lowest BCUT2D eigenvalue weighted by Gasteiger charge is -2.15. The van der Waals surface area contributed by atoms with E-state index >= 15 is 0 Å². The fraction of sp³-hybridized carbons (Fsp3) is 0.500. The van der Waals surface area contributed by atoms with Crippen molar-refractivity contribution in [3.05, 3.63) is 35.3 Å². The molecule has 0 fully saturated rings. The van der Waals surface area contributed by atoms with E-state index in [-0.39, 0.29) is 6.04 Å². The highest BCUT2D eigenvalue weighted by atomic mass is 35.5. The second-order valence-corrected chi connectivity index (χ2v) is 4.77. The van der Waals surface area contributed by atoms with Crippen LogP contribution in [-0.2, 0) is 6.42 Å². The molecular weight excluding hydrogens is 252 g/mol. The molecule has 18 heavy (non-hydrogen) atoms. The molecule has 0 amide bonds. The van der Waals surface area contributed by atoms with Crippen molar-refractivity contribution in [1.82, 2.24) is 20.1 Å². The molecule has 0 saturated carbocycles. The van der Waals surface area contributed by atoms with Crippen LogP contribution in [0, 0.1) is 0 Å². The van der Waals surface area contributed by atoms with Crippen molar-refractivity contribution >= 4 is 11.6 Å². The van der Waals surface area contributed by atoms with E-state index in [0.29, 0.717) is 17.7 Å². The summed E-state index contributed by atoms with van der Waals surface area (Å²) in [4.78, 5) is 4.29. The summed E-state index contributed by atoms with van der Waals surface area (Å²) in [5.74, 6) is 1.73. The van der Waals surface area contributed by atoms with Crippen molar-refractivity contribution in [3.8, 4) is 0 Å². The quantitative estimate of drug-likeness (QED) is 0.906. The highest BCUT2D eigenvalue weighted by molar-refractivity contribution is 6.28. The van der Waals surface area contributed by atoms with Crippen LogP contribution in [0.4, 0.5) is 0 Å². The fourth-order valence-electron chi connectivity index (χ4n) is 1.89. The van der Waals surface area contributed by atoms with Gasteiger partial charge in [0.15, 0.2) is 5.22 Å². The van der Waals surface area contributed by atoms with Gasteiger partial charge in [-0.3, -0.25) is 0 Å². The van der Waals surface area contributed by atoms with Crippen LogP contribution < -0.4 is 5.32 Å². The van der Waals surface area contributed by atoms with Crippen LogP contribution in [0.3, 0.4) is 0 Å². The molecule has 0 aliphatic rings. The van der Waals surface area contributed by atoms with Crippen LogP contribution in [0.1, 0.15) is 37.5 Å². The topological polar surface area (TPSA) is 55.9 Å². The Bertz CT molecular complexity index is 506. The molecule has 0 bridgehead atoms. The third-order valence-corrected chi connectivity index (χ3v) is 3.01. The molecule has 2 heterocycles. The maximum atomic E-state index is 5.80. The van der Waals surface area contributed by atoms with E-state index in [9.17, 15) is 0 Å².